The van der Waals surface area contributed by atoms with E-state index in [1.54, 1.807) is 30.5 Å². The smallest absolute Gasteiger partial charge is 0.337 e. The van der Waals surface area contributed by atoms with E-state index in [4.69, 9.17) is 0 Å². The summed E-state index contributed by atoms with van der Waals surface area (Å²) < 4.78 is 4.64. The minimum Gasteiger partial charge on any atom is -0.465 e. The van der Waals surface area contributed by atoms with Gasteiger partial charge in [0.15, 0.2) is 0 Å². The lowest BCUT2D eigenvalue weighted by atomic mass is 10.1. The number of aromatic nitrogens is 1. The van der Waals surface area contributed by atoms with Gasteiger partial charge in [-0.15, -0.1) is 11.8 Å². The van der Waals surface area contributed by atoms with Gasteiger partial charge in [-0.1, -0.05) is 30.3 Å². The number of fused-ring (bicyclic) bond motifs is 1. The largest absolute Gasteiger partial charge is 0.465 e. The van der Waals surface area contributed by atoms with E-state index < -0.39 is 5.97 Å². The van der Waals surface area contributed by atoms with Gasteiger partial charge in [0, 0.05) is 16.5 Å². The number of hydrogen-bond acceptors (Lipinski definition) is 6. The number of hydrazone groups is 1. The van der Waals surface area contributed by atoms with Crippen molar-refractivity contribution >= 4 is 40.8 Å². The minimum absolute atomic E-state index is 0.213. The normalized spacial score (nSPS) is 10.9. The number of ether oxygens (including phenoxy) is 1. The first kappa shape index (κ1) is 18.6. The summed E-state index contributed by atoms with van der Waals surface area (Å²) in [6, 6.07) is 16.5. The number of rotatable bonds is 6. The molecule has 0 spiro atoms. The number of carbonyl (C=O) groups excluding carboxylic acids is 2. The molecule has 6 nitrogen and oxygen atoms in total. The van der Waals surface area contributed by atoms with E-state index in [2.05, 4.69) is 20.2 Å². The fourth-order valence-electron chi connectivity index (χ4n) is 2.37. The van der Waals surface area contributed by atoms with E-state index in [1.807, 2.05) is 30.3 Å². The van der Waals surface area contributed by atoms with Crippen molar-refractivity contribution in [3.05, 3.63) is 71.9 Å². The van der Waals surface area contributed by atoms with Crippen molar-refractivity contribution in [3.8, 4) is 0 Å². The first-order valence-corrected chi connectivity index (χ1v) is 9.13. The molecule has 0 aliphatic rings. The van der Waals surface area contributed by atoms with E-state index in [0.717, 1.165) is 21.4 Å². The molecule has 1 heterocycles. The van der Waals surface area contributed by atoms with E-state index in [9.17, 15) is 9.59 Å². The lowest BCUT2D eigenvalue weighted by Gasteiger charge is -2.04. The Balaban J connectivity index is 1.53. The van der Waals surface area contributed by atoms with E-state index >= 15 is 0 Å². The molecule has 0 saturated carbocycles. The van der Waals surface area contributed by atoms with E-state index in [-0.39, 0.29) is 11.7 Å². The van der Waals surface area contributed by atoms with Crippen LogP contribution in [-0.2, 0) is 9.53 Å². The second-order valence-corrected chi connectivity index (χ2v) is 6.54. The van der Waals surface area contributed by atoms with Gasteiger partial charge in [0.1, 0.15) is 0 Å². The van der Waals surface area contributed by atoms with Crippen molar-refractivity contribution in [2.75, 3.05) is 12.9 Å². The monoisotopic (exact) mass is 379 g/mol. The molecule has 0 unspecified atom stereocenters. The average Bonchev–Trinajstić information content (AvgIpc) is 2.72. The Hall–Kier alpha value is -3.19. The SMILES string of the molecule is COC(=O)c1ccc(/C=N/NC(=O)CSc2cccc3cccnc23)cc1. The van der Waals surface area contributed by atoms with Gasteiger partial charge >= 0.3 is 5.97 Å². The second-order valence-electron chi connectivity index (χ2n) is 5.53. The number of nitrogens with zero attached hydrogens (tertiary/aromatic N) is 2. The number of esters is 1. The van der Waals surface area contributed by atoms with Crippen LogP contribution in [0.15, 0.2) is 70.8 Å². The molecule has 1 aromatic heterocycles. The molecular weight excluding hydrogens is 362 g/mol. The average molecular weight is 379 g/mol. The molecule has 3 rings (SSSR count). The first-order valence-electron chi connectivity index (χ1n) is 8.14. The van der Waals surface area contributed by atoms with Crippen molar-refractivity contribution in [3.63, 3.8) is 0 Å². The maximum atomic E-state index is 12.0. The van der Waals surface area contributed by atoms with Crippen LogP contribution in [0.2, 0.25) is 0 Å². The summed E-state index contributed by atoms with van der Waals surface area (Å²) in [5.41, 5.74) is 4.59. The number of thioether (sulfide) groups is 1. The van der Waals surface area contributed by atoms with Crippen LogP contribution in [0.25, 0.3) is 10.9 Å². The highest BCUT2D eigenvalue weighted by atomic mass is 32.2. The Morgan fingerprint density at radius 3 is 2.70 bits per heavy atom. The van der Waals surface area contributed by atoms with Gasteiger partial charge in [-0.3, -0.25) is 9.78 Å². The van der Waals surface area contributed by atoms with Gasteiger partial charge in [-0.2, -0.15) is 5.10 Å². The Kier molecular flexibility index (Phi) is 6.17. The third kappa shape index (κ3) is 4.92. The molecule has 0 atom stereocenters. The minimum atomic E-state index is -0.397. The van der Waals surface area contributed by atoms with Crippen LogP contribution >= 0.6 is 11.8 Å². The zero-order chi connectivity index (χ0) is 19.1. The molecule has 0 fully saturated rings. The molecule has 0 aliphatic heterocycles. The molecule has 7 heteroatoms. The molecule has 3 aromatic rings. The number of hydrogen-bond donors (Lipinski definition) is 1. The van der Waals surface area contributed by atoms with Gasteiger partial charge in [-0.05, 0) is 29.8 Å². The third-order valence-electron chi connectivity index (χ3n) is 3.69. The Morgan fingerprint density at radius 1 is 1.15 bits per heavy atom. The molecule has 27 heavy (non-hydrogen) atoms. The van der Waals surface area contributed by atoms with Crippen molar-refractivity contribution in [2.45, 2.75) is 4.90 Å². The molecule has 0 aliphatic carbocycles. The number of methoxy groups -OCH3 is 1. The van der Waals surface area contributed by atoms with Crippen molar-refractivity contribution < 1.29 is 14.3 Å². The summed E-state index contributed by atoms with van der Waals surface area (Å²) >= 11 is 1.41. The fraction of sp³-hybridized carbons (Fsp3) is 0.100. The van der Waals surface area contributed by atoms with Gasteiger partial charge in [0.25, 0.3) is 0 Å². The summed E-state index contributed by atoms with van der Waals surface area (Å²) in [7, 11) is 1.33. The Bertz CT molecular complexity index is 982. The summed E-state index contributed by atoms with van der Waals surface area (Å²) in [4.78, 5) is 28.7. The Morgan fingerprint density at radius 2 is 1.93 bits per heavy atom. The molecule has 2 aromatic carbocycles. The van der Waals surface area contributed by atoms with Gasteiger partial charge < -0.3 is 4.74 Å². The zero-order valence-electron chi connectivity index (χ0n) is 14.6. The molecule has 1 amide bonds. The fourth-order valence-corrected chi connectivity index (χ4v) is 3.20. The van der Waals surface area contributed by atoms with E-state index in [1.165, 1.54) is 25.1 Å². The number of carbonyl (C=O) groups is 2. The van der Waals surface area contributed by atoms with Crippen LogP contribution in [0.1, 0.15) is 15.9 Å². The van der Waals surface area contributed by atoms with Crippen LogP contribution in [0.4, 0.5) is 0 Å². The number of amides is 1. The standard InChI is InChI=1S/C20H17N3O3S/c1-26-20(25)16-9-7-14(8-10-16)12-22-23-18(24)13-27-17-6-2-4-15-5-3-11-21-19(15)17/h2-12H,13H2,1H3,(H,23,24)/b22-12+. The molecule has 0 radical (unpaired) electrons. The maximum Gasteiger partial charge on any atom is 0.337 e. The molecular formula is C20H17N3O3S. The van der Waals surface area contributed by atoms with Crippen LogP contribution in [0, 0.1) is 0 Å². The molecule has 1 N–H and O–H groups in total. The third-order valence-corrected chi connectivity index (χ3v) is 4.74. The lowest BCUT2D eigenvalue weighted by Crippen LogP contribution is -2.19. The van der Waals surface area contributed by atoms with Gasteiger partial charge in [0.2, 0.25) is 5.91 Å². The number of benzene rings is 2. The van der Waals surface area contributed by atoms with Crippen molar-refractivity contribution in [1.82, 2.24) is 10.4 Å². The van der Waals surface area contributed by atoms with Gasteiger partial charge in [-0.25, -0.2) is 10.2 Å². The van der Waals surface area contributed by atoms with E-state index in [0.29, 0.717) is 5.56 Å². The highest BCUT2D eigenvalue weighted by Crippen LogP contribution is 2.25. The quantitative estimate of drug-likeness (QED) is 0.308. The predicted octanol–water partition coefficient (Wildman–Crippen LogP) is 3.26. The Labute approximate surface area is 160 Å². The van der Waals surface area contributed by atoms with Crippen LogP contribution in [0.5, 0.6) is 0 Å². The highest BCUT2D eigenvalue weighted by molar-refractivity contribution is 8.00. The lowest BCUT2D eigenvalue weighted by molar-refractivity contribution is -0.118. The summed E-state index contributed by atoms with van der Waals surface area (Å²) in [6.45, 7) is 0. The maximum absolute atomic E-state index is 12.0. The van der Waals surface area contributed by atoms with Gasteiger partial charge in [0.05, 0.1) is 30.2 Å². The van der Waals surface area contributed by atoms with Crippen LogP contribution in [-0.4, -0.2) is 35.9 Å². The summed E-state index contributed by atoms with van der Waals surface area (Å²) in [5, 5.41) is 4.98. The number of nitrogens with one attached hydrogen (secondary N) is 1. The topological polar surface area (TPSA) is 80.6 Å². The first-order chi connectivity index (χ1) is 13.2. The molecule has 136 valence electrons. The molecule has 0 saturated heterocycles. The molecule has 0 bridgehead atoms. The summed E-state index contributed by atoms with van der Waals surface area (Å²) in [6.07, 6.45) is 3.26. The predicted molar refractivity (Wildman–Crippen MR) is 106 cm³/mol. The van der Waals surface area contributed by atoms with Crippen LogP contribution in [0.3, 0.4) is 0 Å². The van der Waals surface area contributed by atoms with Crippen molar-refractivity contribution in [1.29, 1.82) is 0 Å². The highest BCUT2D eigenvalue weighted by Gasteiger charge is 2.06. The van der Waals surface area contributed by atoms with Crippen LogP contribution < -0.4 is 5.43 Å². The summed E-state index contributed by atoms with van der Waals surface area (Å²) in [5.74, 6) is -0.379. The zero-order valence-corrected chi connectivity index (χ0v) is 15.4. The second kappa shape index (κ2) is 8.95. The number of para-hydroxylation sites is 1. The van der Waals surface area contributed by atoms with Crippen molar-refractivity contribution in [2.24, 2.45) is 5.10 Å². The number of pyridine rings is 1.